The lowest BCUT2D eigenvalue weighted by atomic mass is 10.4. The molecule has 2 N–H and O–H groups in total. The van der Waals surface area contributed by atoms with Gasteiger partial charge in [-0.05, 0) is 19.1 Å². The van der Waals surface area contributed by atoms with Gasteiger partial charge in [0.15, 0.2) is 5.82 Å². The number of nitrogens with zero attached hydrogens (tertiary/aromatic N) is 2. The van der Waals surface area contributed by atoms with Crippen LogP contribution in [0.5, 0.6) is 0 Å². The summed E-state index contributed by atoms with van der Waals surface area (Å²) in [6, 6.07) is 4.71. The van der Waals surface area contributed by atoms with Crippen LogP contribution in [-0.4, -0.2) is 26.7 Å². The number of hydrogen-bond donors (Lipinski definition) is 2. The molecule has 2 aromatic rings. The van der Waals surface area contributed by atoms with Crippen LogP contribution in [0.4, 0.5) is 5.82 Å². The van der Waals surface area contributed by atoms with Gasteiger partial charge in [0.2, 0.25) is 0 Å². The Balaban J connectivity index is 2.14. The maximum atomic E-state index is 11.9. The van der Waals surface area contributed by atoms with Crippen molar-refractivity contribution in [3.8, 4) is 0 Å². The summed E-state index contributed by atoms with van der Waals surface area (Å²) in [6.07, 6.45) is 1.52. The van der Waals surface area contributed by atoms with Gasteiger partial charge in [0.25, 0.3) is 5.91 Å². The molecule has 2 heterocycles. The molecule has 0 aliphatic heterocycles. The van der Waals surface area contributed by atoms with Gasteiger partial charge in [-0.25, -0.2) is 0 Å². The van der Waals surface area contributed by atoms with Gasteiger partial charge >= 0.3 is 5.97 Å². The van der Waals surface area contributed by atoms with E-state index in [0.29, 0.717) is 11.6 Å². The SMILES string of the molecule is Cc1cc(NC(=O)c2cccn2CC(=O)O)no1. The van der Waals surface area contributed by atoms with Crippen LogP contribution in [0.3, 0.4) is 0 Å². The number of carbonyl (C=O) groups is 2. The zero-order chi connectivity index (χ0) is 13.1. The van der Waals surface area contributed by atoms with Crippen LogP contribution in [0.15, 0.2) is 28.9 Å². The Morgan fingerprint density at radius 1 is 1.56 bits per heavy atom. The number of rotatable bonds is 4. The number of aromatic nitrogens is 2. The highest BCUT2D eigenvalue weighted by Gasteiger charge is 2.14. The molecule has 2 rings (SSSR count). The number of nitrogens with one attached hydrogen (secondary N) is 1. The van der Waals surface area contributed by atoms with Gasteiger partial charge in [0.05, 0.1) is 0 Å². The molecule has 0 aromatic carbocycles. The Labute approximate surface area is 102 Å². The molecule has 2 aromatic heterocycles. The van der Waals surface area contributed by atoms with Crippen molar-refractivity contribution in [3.63, 3.8) is 0 Å². The fraction of sp³-hybridized carbons (Fsp3) is 0.182. The molecule has 0 aliphatic carbocycles. The second kappa shape index (κ2) is 4.74. The molecule has 0 saturated heterocycles. The molecule has 0 radical (unpaired) electrons. The molecule has 7 nitrogen and oxygen atoms in total. The average Bonchev–Trinajstić information content (AvgIpc) is 2.87. The molecule has 7 heteroatoms. The van der Waals surface area contributed by atoms with E-state index in [9.17, 15) is 9.59 Å². The zero-order valence-corrected chi connectivity index (χ0v) is 9.58. The minimum Gasteiger partial charge on any atom is -0.480 e. The van der Waals surface area contributed by atoms with Gasteiger partial charge < -0.3 is 19.5 Å². The first-order valence-corrected chi connectivity index (χ1v) is 5.18. The average molecular weight is 249 g/mol. The second-order valence-corrected chi connectivity index (χ2v) is 3.69. The third-order valence-electron chi connectivity index (χ3n) is 2.24. The van der Waals surface area contributed by atoms with E-state index < -0.39 is 11.9 Å². The third-order valence-corrected chi connectivity index (χ3v) is 2.24. The molecule has 94 valence electrons. The van der Waals surface area contributed by atoms with Crippen molar-refractivity contribution in [1.29, 1.82) is 0 Å². The number of aryl methyl sites for hydroxylation is 1. The minimum absolute atomic E-state index is 0.248. The monoisotopic (exact) mass is 249 g/mol. The van der Waals surface area contributed by atoms with Crippen molar-refractivity contribution in [2.75, 3.05) is 5.32 Å². The Morgan fingerprint density at radius 2 is 2.33 bits per heavy atom. The quantitative estimate of drug-likeness (QED) is 0.846. The highest BCUT2D eigenvalue weighted by Crippen LogP contribution is 2.10. The number of aliphatic carboxylic acids is 1. The van der Waals surface area contributed by atoms with E-state index in [0.717, 1.165) is 0 Å². The van der Waals surface area contributed by atoms with Crippen molar-refractivity contribution >= 4 is 17.7 Å². The highest BCUT2D eigenvalue weighted by atomic mass is 16.5. The van der Waals surface area contributed by atoms with Crippen LogP contribution >= 0.6 is 0 Å². The van der Waals surface area contributed by atoms with Crippen LogP contribution in [0, 0.1) is 6.92 Å². The molecule has 0 atom stereocenters. The van der Waals surface area contributed by atoms with Crippen LogP contribution in [0.2, 0.25) is 0 Å². The van der Waals surface area contributed by atoms with Crippen LogP contribution in [0.1, 0.15) is 16.2 Å². The maximum absolute atomic E-state index is 11.9. The number of amides is 1. The summed E-state index contributed by atoms with van der Waals surface area (Å²) in [6.45, 7) is 1.43. The first-order chi connectivity index (χ1) is 8.56. The summed E-state index contributed by atoms with van der Waals surface area (Å²) in [7, 11) is 0. The van der Waals surface area contributed by atoms with Gasteiger partial charge in [-0.3, -0.25) is 9.59 Å². The summed E-state index contributed by atoms with van der Waals surface area (Å²) in [5.41, 5.74) is 0.248. The number of carboxylic acid groups (broad SMARTS) is 1. The summed E-state index contributed by atoms with van der Waals surface area (Å²) < 4.78 is 6.15. The van der Waals surface area contributed by atoms with E-state index >= 15 is 0 Å². The molecule has 0 unspecified atom stereocenters. The maximum Gasteiger partial charge on any atom is 0.323 e. The largest absolute Gasteiger partial charge is 0.480 e. The molecule has 0 aliphatic rings. The standard InChI is InChI=1S/C11H11N3O4/c1-7-5-9(13-18-7)12-11(17)8-3-2-4-14(8)6-10(15)16/h2-5H,6H2,1H3,(H,15,16)(H,12,13,17). The Kier molecular flexibility index (Phi) is 3.13. The number of carboxylic acids is 1. The van der Waals surface area contributed by atoms with Gasteiger partial charge in [-0.1, -0.05) is 5.16 Å². The predicted molar refractivity (Wildman–Crippen MR) is 61.3 cm³/mol. The molecule has 0 bridgehead atoms. The van der Waals surface area contributed by atoms with Crippen LogP contribution < -0.4 is 5.32 Å². The van der Waals surface area contributed by atoms with Crippen LogP contribution in [-0.2, 0) is 11.3 Å². The van der Waals surface area contributed by atoms with Crippen molar-refractivity contribution in [2.45, 2.75) is 13.5 Å². The molecule has 0 fully saturated rings. The van der Waals surface area contributed by atoms with E-state index in [1.807, 2.05) is 0 Å². The molecule has 0 spiro atoms. The predicted octanol–water partition coefficient (Wildman–Crippen LogP) is 1.12. The van der Waals surface area contributed by atoms with E-state index in [1.165, 1.54) is 16.8 Å². The van der Waals surface area contributed by atoms with E-state index in [2.05, 4.69) is 10.5 Å². The second-order valence-electron chi connectivity index (χ2n) is 3.69. The molecule has 1 amide bonds. The Morgan fingerprint density at radius 3 is 2.94 bits per heavy atom. The van der Waals surface area contributed by atoms with Gasteiger partial charge in [0, 0.05) is 12.3 Å². The number of hydrogen-bond acceptors (Lipinski definition) is 4. The summed E-state index contributed by atoms with van der Waals surface area (Å²) in [5.74, 6) is -0.584. The number of anilines is 1. The summed E-state index contributed by atoms with van der Waals surface area (Å²) >= 11 is 0. The van der Waals surface area contributed by atoms with E-state index in [1.54, 1.807) is 19.1 Å². The van der Waals surface area contributed by atoms with Gasteiger partial charge in [-0.2, -0.15) is 0 Å². The minimum atomic E-state index is -1.02. The topological polar surface area (TPSA) is 97.4 Å². The number of carbonyl (C=O) groups excluding carboxylic acids is 1. The van der Waals surface area contributed by atoms with Crippen molar-refractivity contribution < 1.29 is 19.2 Å². The van der Waals surface area contributed by atoms with Gasteiger partial charge in [-0.15, -0.1) is 0 Å². The molecular weight excluding hydrogens is 238 g/mol. The van der Waals surface area contributed by atoms with E-state index in [4.69, 9.17) is 9.63 Å². The molecular formula is C11H11N3O4. The van der Waals surface area contributed by atoms with Crippen LogP contribution in [0.25, 0.3) is 0 Å². The van der Waals surface area contributed by atoms with Gasteiger partial charge in [0.1, 0.15) is 18.0 Å². The fourth-order valence-corrected chi connectivity index (χ4v) is 1.51. The Hall–Kier alpha value is -2.57. The van der Waals surface area contributed by atoms with Crippen molar-refractivity contribution in [1.82, 2.24) is 9.72 Å². The summed E-state index contributed by atoms with van der Waals surface area (Å²) in [5, 5.41) is 14.8. The smallest absolute Gasteiger partial charge is 0.323 e. The molecule has 0 saturated carbocycles. The lowest BCUT2D eigenvalue weighted by Crippen LogP contribution is -2.19. The van der Waals surface area contributed by atoms with Crippen molar-refractivity contribution in [3.05, 3.63) is 35.9 Å². The zero-order valence-electron chi connectivity index (χ0n) is 9.58. The fourth-order valence-electron chi connectivity index (χ4n) is 1.51. The summed E-state index contributed by atoms with van der Waals surface area (Å²) in [4.78, 5) is 22.5. The highest BCUT2D eigenvalue weighted by molar-refractivity contribution is 6.02. The first kappa shape index (κ1) is 11.9. The lowest BCUT2D eigenvalue weighted by molar-refractivity contribution is -0.137. The third kappa shape index (κ3) is 2.57. The normalized spacial score (nSPS) is 10.3. The van der Waals surface area contributed by atoms with E-state index in [-0.39, 0.29) is 12.2 Å². The lowest BCUT2D eigenvalue weighted by Gasteiger charge is -2.05. The first-order valence-electron chi connectivity index (χ1n) is 5.18. The van der Waals surface area contributed by atoms with Crippen molar-refractivity contribution in [2.24, 2.45) is 0 Å². The Bertz CT molecular complexity index is 585. The molecule has 18 heavy (non-hydrogen) atoms.